The van der Waals surface area contributed by atoms with Crippen molar-refractivity contribution in [3.05, 3.63) is 57.3 Å². The molecule has 1 aliphatic rings. The van der Waals surface area contributed by atoms with Crippen molar-refractivity contribution in [3.8, 4) is 0 Å². The van der Waals surface area contributed by atoms with Crippen LogP contribution in [0.4, 0.5) is 0 Å². The summed E-state index contributed by atoms with van der Waals surface area (Å²) in [5, 5.41) is 9.02. The molecule has 5 nitrogen and oxygen atoms in total. The summed E-state index contributed by atoms with van der Waals surface area (Å²) in [4.78, 5) is 25.3. The molecule has 0 aliphatic carbocycles. The molecule has 1 aromatic carbocycles. The molecule has 108 valence electrons. The number of fused-ring (bicyclic) bond motifs is 1. The number of carboxylic acid groups (broad SMARTS) is 1. The third-order valence-corrected chi connectivity index (χ3v) is 4.09. The van der Waals surface area contributed by atoms with Gasteiger partial charge in [-0.05, 0) is 45.3 Å². The second-order valence-electron chi connectivity index (χ2n) is 5.10. The number of rotatable bonds is 2. The number of benzene rings is 1. The number of aromatic nitrogens is 1. The summed E-state index contributed by atoms with van der Waals surface area (Å²) < 4.78 is 2.64. The molecule has 2 heterocycles. The van der Waals surface area contributed by atoms with E-state index >= 15 is 0 Å². The monoisotopic (exact) mass is 348 g/mol. The molecule has 1 aliphatic heterocycles. The minimum Gasteiger partial charge on any atom is -0.478 e. The fourth-order valence-corrected chi connectivity index (χ4v) is 3.09. The summed E-state index contributed by atoms with van der Waals surface area (Å²) in [6.45, 7) is 0.953. The van der Waals surface area contributed by atoms with Crippen LogP contribution in [0.2, 0.25) is 0 Å². The summed E-state index contributed by atoms with van der Waals surface area (Å²) >= 11 is 3.36. The largest absolute Gasteiger partial charge is 0.478 e. The van der Waals surface area contributed by atoms with E-state index < -0.39 is 5.97 Å². The third kappa shape index (κ3) is 2.47. The van der Waals surface area contributed by atoms with Crippen LogP contribution in [-0.4, -0.2) is 26.5 Å². The lowest BCUT2D eigenvalue weighted by Crippen LogP contribution is -2.26. The van der Waals surface area contributed by atoms with Gasteiger partial charge in [0.25, 0.3) is 5.91 Å². The first-order chi connectivity index (χ1) is 9.95. The van der Waals surface area contributed by atoms with Gasteiger partial charge in [0, 0.05) is 30.8 Å². The molecular formula is C15H13BrN2O3. The zero-order valence-electron chi connectivity index (χ0n) is 11.3. The summed E-state index contributed by atoms with van der Waals surface area (Å²) in [7, 11) is 1.82. The van der Waals surface area contributed by atoms with E-state index in [1.165, 1.54) is 0 Å². The number of carbonyl (C=O) groups excluding carboxylic acids is 1. The van der Waals surface area contributed by atoms with Crippen LogP contribution in [0.15, 0.2) is 34.9 Å². The van der Waals surface area contributed by atoms with E-state index in [1.807, 2.05) is 13.2 Å². The van der Waals surface area contributed by atoms with E-state index in [4.69, 9.17) is 5.11 Å². The first kappa shape index (κ1) is 13.9. The molecule has 21 heavy (non-hydrogen) atoms. The Hall–Kier alpha value is -2.08. The van der Waals surface area contributed by atoms with Crippen LogP contribution < -0.4 is 0 Å². The van der Waals surface area contributed by atoms with Crippen molar-refractivity contribution in [3.63, 3.8) is 0 Å². The highest BCUT2D eigenvalue weighted by atomic mass is 79.9. The van der Waals surface area contributed by atoms with Crippen LogP contribution in [0, 0.1) is 0 Å². The van der Waals surface area contributed by atoms with Gasteiger partial charge in [-0.2, -0.15) is 0 Å². The Bertz CT molecular complexity index is 751. The minimum atomic E-state index is -0.950. The Kier molecular flexibility index (Phi) is 3.33. The van der Waals surface area contributed by atoms with Crippen molar-refractivity contribution in [2.24, 2.45) is 7.05 Å². The van der Waals surface area contributed by atoms with Crippen LogP contribution >= 0.6 is 15.9 Å². The van der Waals surface area contributed by atoms with Crippen molar-refractivity contribution >= 4 is 27.8 Å². The Morgan fingerprint density at radius 3 is 2.52 bits per heavy atom. The maximum Gasteiger partial charge on any atom is 0.335 e. The standard InChI is InChI=1S/C15H13BrN2O3/c1-17-8-12(16)5-13(17)14(19)18-6-10-3-2-9(15(20)21)4-11(10)7-18/h2-5,8H,6-7H2,1H3,(H,20,21). The van der Waals surface area contributed by atoms with Crippen LogP contribution in [-0.2, 0) is 20.1 Å². The number of hydrogen-bond donors (Lipinski definition) is 1. The van der Waals surface area contributed by atoms with Crippen molar-refractivity contribution in [2.75, 3.05) is 0 Å². The van der Waals surface area contributed by atoms with Crippen LogP contribution in [0.1, 0.15) is 32.0 Å². The van der Waals surface area contributed by atoms with Gasteiger partial charge in [-0.25, -0.2) is 4.79 Å². The molecular weight excluding hydrogens is 336 g/mol. The van der Waals surface area contributed by atoms with Crippen molar-refractivity contribution in [1.29, 1.82) is 0 Å². The number of carboxylic acids is 1. The van der Waals surface area contributed by atoms with Crippen LogP contribution in [0.3, 0.4) is 0 Å². The molecule has 6 heteroatoms. The quantitative estimate of drug-likeness (QED) is 0.907. The van der Waals surface area contributed by atoms with Gasteiger partial charge < -0.3 is 14.6 Å². The van der Waals surface area contributed by atoms with E-state index in [9.17, 15) is 9.59 Å². The first-order valence-corrected chi connectivity index (χ1v) is 7.21. The Balaban J connectivity index is 1.86. The topological polar surface area (TPSA) is 62.5 Å². The van der Waals surface area contributed by atoms with E-state index in [1.54, 1.807) is 33.7 Å². The fraction of sp³-hybridized carbons (Fsp3) is 0.200. The highest BCUT2D eigenvalue weighted by Crippen LogP contribution is 2.26. The number of halogens is 1. The first-order valence-electron chi connectivity index (χ1n) is 6.42. The van der Waals surface area contributed by atoms with Gasteiger partial charge in [-0.15, -0.1) is 0 Å². The molecule has 1 N–H and O–H groups in total. The number of aromatic carboxylic acids is 1. The van der Waals surface area contributed by atoms with Crippen molar-refractivity contribution < 1.29 is 14.7 Å². The summed E-state index contributed by atoms with van der Waals surface area (Å²) in [5.74, 6) is -1.01. The molecule has 0 atom stereocenters. The highest BCUT2D eigenvalue weighted by Gasteiger charge is 2.26. The zero-order valence-corrected chi connectivity index (χ0v) is 12.9. The van der Waals surface area contributed by atoms with Gasteiger partial charge >= 0.3 is 5.97 Å². The van der Waals surface area contributed by atoms with Gasteiger partial charge in [0.15, 0.2) is 0 Å². The molecule has 0 fully saturated rings. The van der Waals surface area contributed by atoms with Crippen LogP contribution in [0.25, 0.3) is 0 Å². The predicted molar refractivity (Wildman–Crippen MR) is 80.1 cm³/mol. The third-order valence-electron chi connectivity index (χ3n) is 3.65. The van der Waals surface area contributed by atoms with Gasteiger partial charge in [0.05, 0.1) is 5.56 Å². The van der Waals surface area contributed by atoms with Gasteiger partial charge in [0.1, 0.15) is 5.69 Å². The number of carbonyl (C=O) groups is 2. The van der Waals surface area contributed by atoms with E-state index in [2.05, 4.69) is 15.9 Å². The summed E-state index contributed by atoms with van der Waals surface area (Å²) in [5.41, 5.74) is 2.76. The summed E-state index contributed by atoms with van der Waals surface area (Å²) in [6, 6.07) is 6.79. The molecule has 0 unspecified atom stereocenters. The Morgan fingerprint density at radius 2 is 1.90 bits per heavy atom. The van der Waals surface area contributed by atoms with E-state index in [0.717, 1.165) is 15.6 Å². The lowest BCUT2D eigenvalue weighted by atomic mass is 10.1. The highest BCUT2D eigenvalue weighted by molar-refractivity contribution is 9.10. The average molecular weight is 349 g/mol. The predicted octanol–water partition coefficient (Wildman–Crippen LogP) is 2.64. The molecule has 1 amide bonds. The molecule has 2 aromatic rings. The molecule has 0 saturated carbocycles. The lowest BCUT2D eigenvalue weighted by Gasteiger charge is -2.15. The van der Waals surface area contributed by atoms with E-state index in [0.29, 0.717) is 18.8 Å². The molecule has 0 spiro atoms. The summed E-state index contributed by atoms with van der Waals surface area (Å²) in [6.07, 6.45) is 1.83. The normalized spacial score (nSPS) is 13.3. The number of amides is 1. The molecule has 0 radical (unpaired) electrons. The van der Waals surface area contributed by atoms with Crippen LogP contribution in [0.5, 0.6) is 0 Å². The maximum atomic E-state index is 12.5. The van der Waals surface area contributed by atoms with Gasteiger partial charge in [-0.3, -0.25) is 4.79 Å². The smallest absolute Gasteiger partial charge is 0.335 e. The fourth-order valence-electron chi connectivity index (χ4n) is 2.57. The number of hydrogen-bond acceptors (Lipinski definition) is 2. The van der Waals surface area contributed by atoms with Crippen molar-refractivity contribution in [1.82, 2.24) is 9.47 Å². The lowest BCUT2D eigenvalue weighted by molar-refractivity contribution is 0.0696. The van der Waals surface area contributed by atoms with Gasteiger partial charge in [-0.1, -0.05) is 6.07 Å². The van der Waals surface area contributed by atoms with Gasteiger partial charge in [0.2, 0.25) is 0 Å². The maximum absolute atomic E-state index is 12.5. The average Bonchev–Trinajstić information content (AvgIpc) is 2.99. The second kappa shape index (κ2) is 5.04. The minimum absolute atomic E-state index is 0.0590. The molecule has 1 aromatic heterocycles. The molecule has 0 bridgehead atoms. The number of aryl methyl sites for hydroxylation is 1. The Labute approximate surface area is 129 Å². The van der Waals surface area contributed by atoms with Crippen molar-refractivity contribution in [2.45, 2.75) is 13.1 Å². The van der Waals surface area contributed by atoms with E-state index in [-0.39, 0.29) is 11.5 Å². The molecule has 0 saturated heterocycles. The molecule has 3 rings (SSSR count). The Morgan fingerprint density at radius 1 is 1.19 bits per heavy atom. The SMILES string of the molecule is Cn1cc(Br)cc1C(=O)N1Cc2ccc(C(=O)O)cc2C1. The second-order valence-corrected chi connectivity index (χ2v) is 6.02. The number of nitrogens with zero attached hydrogens (tertiary/aromatic N) is 2. The zero-order chi connectivity index (χ0) is 15.1.